The van der Waals surface area contributed by atoms with Crippen LogP contribution in [0.15, 0.2) is 18.2 Å². The molecule has 1 fully saturated rings. The summed E-state index contributed by atoms with van der Waals surface area (Å²) in [5, 5.41) is 0. The van der Waals surface area contributed by atoms with Gasteiger partial charge in [0.2, 0.25) is 5.79 Å². The van der Waals surface area contributed by atoms with Gasteiger partial charge in [0, 0.05) is 39.2 Å². The molecule has 1 aliphatic heterocycles. The summed E-state index contributed by atoms with van der Waals surface area (Å²) in [6.07, 6.45) is 4.13. The third kappa shape index (κ3) is 5.76. The zero-order valence-corrected chi connectivity index (χ0v) is 19.2. The van der Waals surface area contributed by atoms with Crippen LogP contribution < -0.4 is 9.47 Å². The number of ether oxygens (including phenoxy) is 3. The Morgan fingerprint density at radius 2 is 1.61 bits per heavy atom. The van der Waals surface area contributed by atoms with E-state index in [2.05, 4.69) is 0 Å². The third-order valence-corrected chi connectivity index (χ3v) is 7.56. The number of carbonyl (C=O) groups excluding carboxylic acids is 3. The summed E-state index contributed by atoms with van der Waals surface area (Å²) < 4.78 is 33.3. The Balaban J connectivity index is 1.74. The molecule has 170 valence electrons. The summed E-state index contributed by atoms with van der Waals surface area (Å²) in [4.78, 5) is 34.6. The summed E-state index contributed by atoms with van der Waals surface area (Å²) in [5.41, 5.74) is 0.799. The SMILES string of the molecule is CC(=O)O[Si](COc1ccc2c(c1)COC(C)(C1CCCC1)O2)(OC(C)=O)OC(C)=O. The standard InChI is InChI=1S/C21H28O9Si/c1-14(22)28-31(29-15(2)23,30-16(3)24)13-25-19-9-10-20-17(11-19)12-26-21(4,27-20)18-7-5-6-8-18/h9-11,18H,5-8,12-13H2,1-4H3. The molecule has 1 unspecified atom stereocenters. The molecule has 0 radical (unpaired) electrons. The van der Waals surface area contributed by atoms with Crippen LogP contribution in [0.25, 0.3) is 0 Å². The molecule has 10 heteroatoms. The lowest BCUT2D eigenvalue weighted by molar-refractivity contribution is -0.224. The van der Waals surface area contributed by atoms with E-state index >= 15 is 0 Å². The Morgan fingerprint density at radius 3 is 2.16 bits per heavy atom. The average molecular weight is 453 g/mol. The van der Waals surface area contributed by atoms with Crippen molar-refractivity contribution in [1.82, 2.24) is 0 Å². The lowest BCUT2D eigenvalue weighted by Crippen LogP contribution is -2.54. The summed E-state index contributed by atoms with van der Waals surface area (Å²) in [7, 11) is -4.08. The van der Waals surface area contributed by atoms with Crippen molar-refractivity contribution in [2.45, 2.75) is 65.8 Å². The highest BCUT2D eigenvalue weighted by Crippen LogP contribution is 2.42. The van der Waals surface area contributed by atoms with E-state index in [9.17, 15) is 14.4 Å². The molecule has 0 aromatic heterocycles. The first kappa shape index (κ1) is 23.1. The fourth-order valence-corrected chi connectivity index (χ4v) is 5.92. The van der Waals surface area contributed by atoms with Crippen molar-refractivity contribution in [3.8, 4) is 11.5 Å². The van der Waals surface area contributed by atoms with Crippen molar-refractivity contribution < 1.29 is 41.9 Å². The maximum Gasteiger partial charge on any atom is 0.745 e. The molecule has 1 aliphatic carbocycles. The van der Waals surface area contributed by atoms with Crippen molar-refractivity contribution in [2.24, 2.45) is 5.92 Å². The van der Waals surface area contributed by atoms with Crippen molar-refractivity contribution in [3.63, 3.8) is 0 Å². The molecule has 1 aromatic rings. The molecular weight excluding hydrogens is 424 g/mol. The van der Waals surface area contributed by atoms with E-state index < -0.39 is 38.7 Å². The van der Waals surface area contributed by atoms with Gasteiger partial charge in [-0.2, -0.15) is 0 Å². The summed E-state index contributed by atoms with van der Waals surface area (Å²) >= 11 is 0. The molecule has 2 aliphatic rings. The fraction of sp³-hybridized carbons (Fsp3) is 0.571. The monoisotopic (exact) mass is 452 g/mol. The van der Waals surface area contributed by atoms with Crippen molar-refractivity contribution in [2.75, 3.05) is 6.23 Å². The Bertz CT molecular complexity index is 808. The van der Waals surface area contributed by atoms with Gasteiger partial charge in [-0.1, -0.05) is 12.8 Å². The molecule has 31 heavy (non-hydrogen) atoms. The maximum atomic E-state index is 11.5. The zero-order chi connectivity index (χ0) is 22.6. The number of benzene rings is 1. The lowest BCUT2D eigenvalue weighted by atomic mass is 9.97. The van der Waals surface area contributed by atoms with Crippen LogP contribution in [-0.2, 0) is 39.0 Å². The van der Waals surface area contributed by atoms with E-state index in [0.717, 1.165) is 44.9 Å². The Hall–Kier alpha value is -2.59. The van der Waals surface area contributed by atoms with Gasteiger partial charge < -0.3 is 27.5 Å². The lowest BCUT2D eigenvalue weighted by Gasteiger charge is -2.40. The fourth-order valence-electron chi connectivity index (χ4n) is 3.96. The van der Waals surface area contributed by atoms with Crippen LogP contribution in [0.4, 0.5) is 0 Å². The summed E-state index contributed by atoms with van der Waals surface area (Å²) in [6.45, 7) is 5.73. The molecule has 3 rings (SSSR count). The second-order valence-electron chi connectivity index (χ2n) is 7.91. The van der Waals surface area contributed by atoms with E-state index in [1.807, 2.05) is 6.92 Å². The van der Waals surface area contributed by atoms with Gasteiger partial charge in [-0.25, -0.2) is 0 Å². The van der Waals surface area contributed by atoms with Gasteiger partial charge in [0.1, 0.15) is 11.5 Å². The molecule has 0 spiro atoms. The Labute approximate surface area is 182 Å². The molecule has 1 atom stereocenters. The zero-order valence-electron chi connectivity index (χ0n) is 18.2. The van der Waals surface area contributed by atoms with E-state index in [-0.39, 0.29) is 0 Å². The Morgan fingerprint density at radius 1 is 1.03 bits per heavy atom. The average Bonchev–Trinajstić information content (AvgIpc) is 3.20. The number of fused-ring (bicyclic) bond motifs is 1. The second-order valence-corrected chi connectivity index (χ2v) is 10.2. The van der Waals surface area contributed by atoms with Gasteiger partial charge in [-0.05, 0) is 31.0 Å². The van der Waals surface area contributed by atoms with Gasteiger partial charge in [-0.15, -0.1) is 0 Å². The number of rotatable bonds is 7. The number of carbonyl (C=O) groups is 3. The largest absolute Gasteiger partial charge is 0.745 e. The van der Waals surface area contributed by atoms with Crippen LogP contribution >= 0.6 is 0 Å². The molecule has 1 heterocycles. The van der Waals surface area contributed by atoms with E-state index in [1.165, 1.54) is 12.8 Å². The van der Waals surface area contributed by atoms with Gasteiger partial charge in [0.15, 0.2) is 6.23 Å². The topological polar surface area (TPSA) is 107 Å². The van der Waals surface area contributed by atoms with Crippen LogP contribution in [0.3, 0.4) is 0 Å². The minimum Gasteiger partial charge on any atom is -0.485 e. The quantitative estimate of drug-likeness (QED) is 0.577. The molecule has 0 bridgehead atoms. The van der Waals surface area contributed by atoms with Crippen LogP contribution in [0.1, 0.15) is 58.9 Å². The first-order valence-electron chi connectivity index (χ1n) is 10.3. The van der Waals surface area contributed by atoms with Crippen molar-refractivity contribution in [1.29, 1.82) is 0 Å². The van der Waals surface area contributed by atoms with Gasteiger partial charge >= 0.3 is 8.80 Å². The smallest absolute Gasteiger partial charge is 0.485 e. The van der Waals surface area contributed by atoms with Crippen molar-refractivity contribution in [3.05, 3.63) is 23.8 Å². The first-order valence-corrected chi connectivity index (χ1v) is 12.2. The van der Waals surface area contributed by atoms with E-state index in [1.54, 1.807) is 18.2 Å². The third-order valence-electron chi connectivity index (χ3n) is 5.27. The second kappa shape index (κ2) is 9.27. The van der Waals surface area contributed by atoms with Gasteiger partial charge in [-0.3, -0.25) is 14.4 Å². The predicted molar refractivity (Wildman–Crippen MR) is 109 cm³/mol. The number of hydrogen-bond donors (Lipinski definition) is 0. The summed E-state index contributed by atoms with van der Waals surface area (Å²) in [5.74, 6) is -1.42. The number of hydrogen-bond acceptors (Lipinski definition) is 9. The predicted octanol–water partition coefficient (Wildman–Crippen LogP) is 3.05. The van der Waals surface area contributed by atoms with E-state index in [0.29, 0.717) is 18.3 Å². The minimum atomic E-state index is -4.08. The molecule has 0 N–H and O–H groups in total. The minimum absolute atomic E-state index is 0.361. The highest BCUT2D eigenvalue weighted by atomic mass is 28.4. The normalized spacial score (nSPS) is 20.9. The van der Waals surface area contributed by atoms with Crippen LogP contribution in [0.2, 0.25) is 0 Å². The van der Waals surface area contributed by atoms with Gasteiger partial charge in [0.05, 0.1) is 6.61 Å². The maximum absolute atomic E-state index is 11.5. The van der Waals surface area contributed by atoms with Crippen molar-refractivity contribution >= 4 is 26.7 Å². The summed E-state index contributed by atoms with van der Waals surface area (Å²) in [6, 6.07) is 5.21. The highest BCUT2D eigenvalue weighted by Gasteiger charge is 2.54. The highest BCUT2D eigenvalue weighted by molar-refractivity contribution is 6.65. The van der Waals surface area contributed by atoms with Gasteiger partial charge in [0.25, 0.3) is 17.9 Å². The van der Waals surface area contributed by atoms with Crippen LogP contribution in [0.5, 0.6) is 11.5 Å². The Kier molecular flexibility index (Phi) is 6.90. The molecule has 1 aromatic carbocycles. The van der Waals surface area contributed by atoms with Crippen LogP contribution in [-0.4, -0.2) is 38.7 Å². The molecular formula is C21H28O9Si. The molecule has 1 saturated carbocycles. The molecule has 0 amide bonds. The molecule has 0 saturated heterocycles. The first-order chi connectivity index (χ1) is 14.6. The van der Waals surface area contributed by atoms with Crippen LogP contribution in [0, 0.1) is 5.92 Å². The van der Waals surface area contributed by atoms with E-state index in [4.69, 9.17) is 27.5 Å². The molecule has 9 nitrogen and oxygen atoms in total.